The molecule has 12 heteroatoms. The van der Waals surface area contributed by atoms with Crippen LogP contribution in [-0.2, 0) is 40.8 Å². The zero-order valence-electron chi connectivity index (χ0n) is 30.5. The fraction of sp³-hybridized carbons (Fsp3) is 0.500. The van der Waals surface area contributed by atoms with Gasteiger partial charge >= 0.3 is 23.9 Å². The molecule has 8 bridgehead atoms. The monoisotopic (exact) mass is 716 g/mol. The molecule has 4 aromatic heterocycles. The third kappa shape index (κ3) is 7.61. The van der Waals surface area contributed by atoms with E-state index in [9.17, 15) is 39.6 Å². The van der Waals surface area contributed by atoms with Gasteiger partial charge < -0.3 is 40.4 Å². The fourth-order valence-corrected chi connectivity index (χ4v) is 8.19. The number of carboxylic acids is 4. The molecule has 0 fully saturated rings. The predicted octanol–water partition coefficient (Wildman–Crippen LogP) is 7.56. The number of H-pyrrole nitrogens is 4. The molecule has 0 saturated carbocycles. The summed E-state index contributed by atoms with van der Waals surface area (Å²) in [6.07, 6.45) is 3.88. The average molecular weight is 717 g/mol. The summed E-state index contributed by atoms with van der Waals surface area (Å²) in [5.74, 6) is -3.47. The van der Waals surface area contributed by atoms with Gasteiger partial charge in [-0.25, -0.2) is 0 Å². The molecular formula is C40H52N4O8. The van der Waals surface area contributed by atoms with Gasteiger partial charge in [0.05, 0.1) is 0 Å². The highest BCUT2D eigenvalue weighted by molar-refractivity contribution is 5.67. The number of hydrogen-bond donors (Lipinski definition) is 8. The number of fused-ring (bicyclic) bond motifs is 8. The second kappa shape index (κ2) is 14.9. The SMILES string of the molecule is CC1(CCCC(=O)O)c2ccc([nH]2)C(C)(CCCC(=O)O)c2ccc([nH]2)C(C)(CCCC(=O)O)c2ccc([nH]2)C(C)(CCCC(=O)O)c2ccc1[nH]2. The van der Waals surface area contributed by atoms with Crippen LogP contribution in [0.5, 0.6) is 0 Å². The molecule has 280 valence electrons. The molecule has 1 aliphatic heterocycles. The van der Waals surface area contributed by atoms with E-state index in [-0.39, 0.29) is 25.7 Å². The standard InChI is InChI=1S/C40H52N4O8/c1-37(21-5-9-33(45)46)25-13-15-27(41-25)38(2,22-6-10-34(47)48)29-17-19-31(43-29)40(4,24-8-12-36(51)52)32-20-18-30(44-32)39(3,23-7-11-35(49)50)28-16-14-26(37)42-28/h13-20,41-44H,5-12,21-24H2,1-4H3,(H,45,46)(H,47,48)(H,49,50)(H,51,52). The Hall–Kier alpha value is -5.00. The minimum atomic E-state index is -0.867. The molecular weight excluding hydrogens is 664 g/mol. The Labute approximate surface area is 303 Å². The van der Waals surface area contributed by atoms with E-state index in [0.717, 1.165) is 45.6 Å². The first-order chi connectivity index (χ1) is 24.5. The van der Waals surface area contributed by atoms with Gasteiger partial charge in [0.1, 0.15) is 0 Å². The number of hydrogen-bond acceptors (Lipinski definition) is 4. The first-order valence-corrected chi connectivity index (χ1v) is 18.2. The van der Waals surface area contributed by atoms with Crippen molar-refractivity contribution in [1.29, 1.82) is 0 Å². The van der Waals surface area contributed by atoms with Gasteiger partial charge in [-0.15, -0.1) is 0 Å². The molecule has 0 spiro atoms. The van der Waals surface area contributed by atoms with Crippen LogP contribution in [0.2, 0.25) is 0 Å². The third-order valence-electron chi connectivity index (χ3n) is 11.8. The predicted molar refractivity (Wildman–Crippen MR) is 195 cm³/mol. The maximum atomic E-state index is 11.6. The summed E-state index contributed by atoms with van der Waals surface area (Å²) >= 11 is 0. The van der Waals surface area contributed by atoms with E-state index in [4.69, 9.17) is 0 Å². The fourth-order valence-electron chi connectivity index (χ4n) is 8.19. The lowest BCUT2D eigenvalue weighted by atomic mass is 9.78. The Kier molecular flexibility index (Phi) is 11.0. The minimum Gasteiger partial charge on any atom is -0.481 e. The zero-order chi connectivity index (χ0) is 37.9. The molecule has 0 radical (unpaired) electrons. The Bertz CT molecular complexity index is 1560. The molecule has 4 aromatic rings. The van der Waals surface area contributed by atoms with Crippen LogP contribution in [0.4, 0.5) is 0 Å². The van der Waals surface area contributed by atoms with Gasteiger partial charge in [-0.05, 0) is 128 Å². The van der Waals surface area contributed by atoms with Crippen LogP contribution in [0, 0.1) is 0 Å². The third-order valence-corrected chi connectivity index (χ3v) is 11.8. The van der Waals surface area contributed by atoms with Gasteiger partial charge in [-0.2, -0.15) is 0 Å². The second-order valence-electron chi connectivity index (χ2n) is 15.5. The number of carboxylic acid groups (broad SMARTS) is 4. The number of nitrogens with one attached hydrogen (secondary N) is 4. The highest BCUT2D eigenvalue weighted by Crippen LogP contribution is 2.46. The molecule has 0 atom stereocenters. The van der Waals surface area contributed by atoms with Crippen LogP contribution >= 0.6 is 0 Å². The van der Waals surface area contributed by atoms with E-state index >= 15 is 0 Å². The summed E-state index contributed by atoms with van der Waals surface area (Å²) in [5.41, 5.74) is 4.47. The molecule has 8 N–H and O–H groups in total. The largest absolute Gasteiger partial charge is 0.481 e. The van der Waals surface area contributed by atoms with Crippen LogP contribution in [0.25, 0.3) is 0 Å². The van der Waals surface area contributed by atoms with E-state index in [1.165, 1.54) is 0 Å². The summed E-state index contributed by atoms with van der Waals surface area (Å²) in [4.78, 5) is 61.3. The van der Waals surface area contributed by atoms with Gasteiger partial charge in [-0.1, -0.05) is 0 Å². The Morgan fingerprint density at radius 1 is 0.385 bits per heavy atom. The van der Waals surface area contributed by atoms with Gasteiger partial charge in [0, 0.05) is 92.9 Å². The molecule has 0 saturated heterocycles. The first-order valence-electron chi connectivity index (χ1n) is 18.2. The van der Waals surface area contributed by atoms with Crippen molar-refractivity contribution in [2.24, 2.45) is 0 Å². The van der Waals surface area contributed by atoms with Crippen molar-refractivity contribution in [3.05, 3.63) is 94.1 Å². The van der Waals surface area contributed by atoms with Crippen LogP contribution in [0.1, 0.15) is 150 Å². The van der Waals surface area contributed by atoms with Crippen molar-refractivity contribution in [3.8, 4) is 0 Å². The molecule has 5 heterocycles. The van der Waals surface area contributed by atoms with Gasteiger partial charge in [0.2, 0.25) is 0 Å². The number of aromatic amines is 4. The van der Waals surface area contributed by atoms with E-state index in [1.807, 2.05) is 48.5 Å². The molecule has 1 aliphatic rings. The summed E-state index contributed by atoms with van der Waals surface area (Å²) in [5, 5.41) is 38.1. The molecule has 0 unspecified atom stereocenters. The number of carbonyl (C=O) groups is 4. The van der Waals surface area contributed by atoms with Crippen LogP contribution in [0.15, 0.2) is 48.5 Å². The Morgan fingerprint density at radius 3 is 0.673 bits per heavy atom. The van der Waals surface area contributed by atoms with Gasteiger partial charge in [-0.3, -0.25) is 19.2 Å². The van der Waals surface area contributed by atoms with E-state index in [2.05, 4.69) is 47.6 Å². The lowest BCUT2D eigenvalue weighted by Gasteiger charge is -2.33. The molecule has 0 aromatic carbocycles. The van der Waals surface area contributed by atoms with Crippen molar-refractivity contribution in [1.82, 2.24) is 19.9 Å². The summed E-state index contributed by atoms with van der Waals surface area (Å²) in [7, 11) is 0. The Balaban J connectivity index is 1.74. The minimum absolute atomic E-state index is 0.0122. The van der Waals surface area contributed by atoms with Crippen LogP contribution in [0.3, 0.4) is 0 Å². The second-order valence-corrected chi connectivity index (χ2v) is 15.5. The highest BCUT2D eigenvalue weighted by atomic mass is 16.4. The van der Waals surface area contributed by atoms with E-state index < -0.39 is 45.5 Å². The average Bonchev–Trinajstić information content (AvgIpc) is 3.90. The highest BCUT2D eigenvalue weighted by Gasteiger charge is 2.41. The summed E-state index contributed by atoms with van der Waals surface area (Å²) in [6.45, 7) is 8.37. The van der Waals surface area contributed by atoms with Crippen molar-refractivity contribution >= 4 is 23.9 Å². The van der Waals surface area contributed by atoms with Crippen LogP contribution in [-0.4, -0.2) is 64.2 Å². The van der Waals surface area contributed by atoms with E-state index in [0.29, 0.717) is 51.4 Å². The quantitative estimate of drug-likeness (QED) is 0.0578. The lowest BCUT2D eigenvalue weighted by molar-refractivity contribution is -0.138. The zero-order valence-corrected chi connectivity index (χ0v) is 30.5. The maximum absolute atomic E-state index is 11.6. The first kappa shape index (κ1) is 38.2. The lowest BCUT2D eigenvalue weighted by Crippen LogP contribution is -2.30. The molecule has 52 heavy (non-hydrogen) atoms. The van der Waals surface area contributed by atoms with Crippen molar-refractivity contribution in [2.75, 3.05) is 0 Å². The van der Waals surface area contributed by atoms with Crippen molar-refractivity contribution in [3.63, 3.8) is 0 Å². The smallest absolute Gasteiger partial charge is 0.303 e. The maximum Gasteiger partial charge on any atom is 0.303 e. The van der Waals surface area contributed by atoms with E-state index in [1.54, 1.807) is 0 Å². The summed E-state index contributed by atoms with van der Waals surface area (Å²) < 4.78 is 0. The Morgan fingerprint density at radius 2 is 0.538 bits per heavy atom. The molecule has 12 nitrogen and oxygen atoms in total. The number of aromatic nitrogens is 4. The van der Waals surface area contributed by atoms with Gasteiger partial charge in [0.25, 0.3) is 0 Å². The number of aliphatic carboxylic acids is 4. The normalized spacial score (nSPS) is 24.1. The topological polar surface area (TPSA) is 212 Å². The molecule has 0 aliphatic carbocycles. The van der Waals surface area contributed by atoms with Crippen LogP contribution < -0.4 is 0 Å². The number of rotatable bonds is 16. The van der Waals surface area contributed by atoms with Crippen molar-refractivity contribution in [2.45, 2.75) is 126 Å². The summed E-state index contributed by atoms with van der Waals surface area (Å²) in [6, 6.07) is 16.3. The van der Waals surface area contributed by atoms with Gasteiger partial charge in [0.15, 0.2) is 0 Å². The molecule has 5 rings (SSSR count). The van der Waals surface area contributed by atoms with Crippen molar-refractivity contribution < 1.29 is 39.6 Å². The molecule has 0 amide bonds.